The van der Waals surface area contributed by atoms with E-state index in [9.17, 15) is 4.79 Å². The Balaban J connectivity index is 0.00000420. The number of likely N-dealkylation sites (tertiary alicyclic amines) is 1. The van der Waals surface area contributed by atoms with Crippen molar-refractivity contribution in [2.45, 2.75) is 46.1 Å². The van der Waals surface area contributed by atoms with E-state index in [2.05, 4.69) is 52.8 Å². The van der Waals surface area contributed by atoms with Crippen molar-refractivity contribution in [3.63, 3.8) is 0 Å². The van der Waals surface area contributed by atoms with E-state index in [1.54, 1.807) is 0 Å². The number of halogens is 1. The smallest absolute Gasteiger partial charge is 0.224 e. The summed E-state index contributed by atoms with van der Waals surface area (Å²) in [4.78, 5) is 21.4. The Morgan fingerprint density at radius 1 is 1.10 bits per heavy atom. The molecule has 0 aromatic heterocycles. The Labute approximate surface area is 193 Å². The van der Waals surface area contributed by atoms with E-state index in [1.807, 2.05) is 18.7 Å². The standard InChI is InChI=1S/C22H37N5O.HI/c1-4-23-22(24-15-14-21(28)26(5-2)6-3)25-18-20(27-16-10-11-17-27)19-12-8-7-9-13-19;/h7-9,12-13,20H,4-6,10-11,14-18H2,1-3H3,(H2,23,24,25);1H. The van der Waals surface area contributed by atoms with Crippen molar-refractivity contribution in [3.8, 4) is 0 Å². The maximum atomic E-state index is 12.2. The number of carbonyl (C=O) groups is 1. The van der Waals surface area contributed by atoms with E-state index in [1.165, 1.54) is 18.4 Å². The van der Waals surface area contributed by atoms with Gasteiger partial charge in [-0.15, -0.1) is 24.0 Å². The molecular weight excluding hydrogens is 477 g/mol. The van der Waals surface area contributed by atoms with Crippen molar-refractivity contribution >= 4 is 35.8 Å². The molecule has 2 rings (SSSR count). The molecule has 0 aliphatic carbocycles. The highest BCUT2D eigenvalue weighted by atomic mass is 127. The third-order valence-electron chi connectivity index (χ3n) is 5.28. The van der Waals surface area contributed by atoms with Crippen LogP contribution in [0, 0.1) is 0 Å². The normalized spacial score (nSPS) is 15.5. The Kier molecular flexibility index (Phi) is 12.9. The molecule has 1 aliphatic rings. The lowest BCUT2D eigenvalue weighted by Gasteiger charge is -2.27. The van der Waals surface area contributed by atoms with Gasteiger partial charge in [0.15, 0.2) is 5.96 Å². The van der Waals surface area contributed by atoms with Crippen LogP contribution in [0.2, 0.25) is 0 Å². The largest absolute Gasteiger partial charge is 0.357 e. The maximum absolute atomic E-state index is 12.2. The first-order valence-electron chi connectivity index (χ1n) is 10.8. The van der Waals surface area contributed by atoms with Gasteiger partial charge >= 0.3 is 0 Å². The maximum Gasteiger partial charge on any atom is 0.224 e. The molecule has 0 saturated carbocycles. The molecule has 1 amide bonds. The fourth-order valence-corrected chi connectivity index (χ4v) is 3.70. The molecule has 1 aromatic rings. The van der Waals surface area contributed by atoms with Gasteiger partial charge in [0, 0.05) is 32.6 Å². The number of hydrogen-bond acceptors (Lipinski definition) is 3. The molecule has 164 valence electrons. The number of hydrogen-bond donors (Lipinski definition) is 2. The second-order valence-corrected chi connectivity index (χ2v) is 7.13. The highest BCUT2D eigenvalue weighted by Crippen LogP contribution is 2.25. The molecule has 6 nitrogen and oxygen atoms in total. The average Bonchev–Trinajstić information content (AvgIpc) is 3.24. The summed E-state index contributed by atoms with van der Waals surface area (Å²) in [7, 11) is 0. The van der Waals surface area contributed by atoms with Crippen molar-refractivity contribution < 1.29 is 4.79 Å². The lowest BCUT2D eigenvalue weighted by molar-refractivity contribution is -0.130. The first kappa shape index (κ1) is 25.7. The van der Waals surface area contributed by atoms with Gasteiger partial charge in [-0.3, -0.25) is 14.7 Å². The predicted molar refractivity (Wildman–Crippen MR) is 132 cm³/mol. The predicted octanol–water partition coefficient (Wildman–Crippen LogP) is 3.26. The molecule has 1 atom stereocenters. The number of nitrogens with zero attached hydrogens (tertiary/aromatic N) is 3. The minimum atomic E-state index is 0. The SMILES string of the molecule is CCNC(=NCC(c1ccccc1)N1CCCC1)NCCC(=O)N(CC)CC.I. The van der Waals surface area contributed by atoms with Crippen LogP contribution in [0.15, 0.2) is 35.3 Å². The molecule has 1 heterocycles. The lowest BCUT2D eigenvalue weighted by Crippen LogP contribution is -2.40. The van der Waals surface area contributed by atoms with Crippen LogP contribution in [0.1, 0.15) is 51.6 Å². The number of rotatable bonds is 10. The average molecular weight is 515 g/mol. The van der Waals surface area contributed by atoms with Crippen LogP contribution >= 0.6 is 24.0 Å². The number of carbonyl (C=O) groups excluding carboxylic acids is 1. The molecule has 0 bridgehead atoms. The second kappa shape index (κ2) is 14.6. The zero-order valence-corrected chi connectivity index (χ0v) is 20.5. The summed E-state index contributed by atoms with van der Waals surface area (Å²) in [6.07, 6.45) is 3.01. The van der Waals surface area contributed by atoms with E-state index in [4.69, 9.17) is 4.99 Å². The molecule has 1 unspecified atom stereocenters. The van der Waals surface area contributed by atoms with Crippen molar-refractivity contribution in [2.75, 3.05) is 45.8 Å². The number of benzene rings is 1. The zero-order valence-electron chi connectivity index (χ0n) is 18.2. The van der Waals surface area contributed by atoms with Crippen molar-refractivity contribution in [1.29, 1.82) is 0 Å². The Morgan fingerprint density at radius 3 is 2.34 bits per heavy atom. The van der Waals surface area contributed by atoms with Gasteiger partial charge in [0.2, 0.25) is 5.91 Å². The van der Waals surface area contributed by atoms with Gasteiger partial charge < -0.3 is 15.5 Å². The van der Waals surface area contributed by atoms with Crippen LogP contribution in [-0.2, 0) is 4.79 Å². The minimum Gasteiger partial charge on any atom is -0.357 e. The summed E-state index contributed by atoms with van der Waals surface area (Å²) in [6.45, 7) is 12.0. The Morgan fingerprint density at radius 2 is 1.76 bits per heavy atom. The summed E-state index contributed by atoms with van der Waals surface area (Å²) in [6, 6.07) is 11.0. The van der Waals surface area contributed by atoms with Crippen LogP contribution < -0.4 is 10.6 Å². The van der Waals surface area contributed by atoms with Gasteiger partial charge in [0.05, 0.1) is 12.6 Å². The van der Waals surface area contributed by atoms with Gasteiger partial charge in [-0.05, 0) is 52.3 Å². The lowest BCUT2D eigenvalue weighted by atomic mass is 10.1. The summed E-state index contributed by atoms with van der Waals surface area (Å²) < 4.78 is 0. The second-order valence-electron chi connectivity index (χ2n) is 7.13. The first-order chi connectivity index (χ1) is 13.7. The minimum absolute atomic E-state index is 0. The monoisotopic (exact) mass is 515 g/mol. The molecule has 1 saturated heterocycles. The fourth-order valence-electron chi connectivity index (χ4n) is 3.70. The van der Waals surface area contributed by atoms with Crippen LogP contribution in [0.5, 0.6) is 0 Å². The van der Waals surface area contributed by atoms with Crippen molar-refractivity contribution in [2.24, 2.45) is 4.99 Å². The highest BCUT2D eigenvalue weighted by Gasteiger charge is 2.23. The molecule has 1 fully saturated rings. The van der Waals surface area contributed by atoms with E-state index in [-0.39, 0.29) is 29.9 Å². The summed E-state index contributed by atoms with van der Waals surface area (Å²) in [5.74, 6) is 0.975. The van der Waals surface area contributed by atoms with E-state index >= 15 is 0 Å². The molecule has 0 radical (unpaired) electrons. The molecular formula is C22H38IN5O. The van der Waals surface area contributed by atoms with Crippen molar-refractivity contribution in [3.05, 3.63) is 35.9 Å². The molecule has 29 heavy (non-hydrogen) atoms. The van der Waals surface area contributed by atoms with Crippen LogP contribution in [0.25, 0.3) is 0 Å². The number of guanidine groups is 1. The van der Waals surface area contributed by atoms with Gasteiger partial charge in [0.1, 0.15) is 0 Å². The Bertz CT molecular complexity index is 600. The van der Waals surface area contributed by atoms with Gasteiger partial charge in [-0.25, -0.2) is 0 Å². The van der Waals surface area contributed by atoms with E-state index in [0.717, 1.165) is 38.7 Å². The highest BCUT2D eigenvalue weighted by molar-refractivity contribution is 14.0. The molecule has 7 heteroatoms. The van der Waals surface area contributed by atoms with Crippen LogP contribution in [-0.4, -0.2) is 67.5 Å². The van der Waals surface area contributed by atoms with E-state index < -0.39 is 0 Å². The molecule has 2 N–H and O–H groups in total. The van der Waals surface area contributed by atoms with Crippen molar-refractivity contribution in [1.82, 2.24) is 20.4 Å². The summed E-state index contributed by atoms with van der Waals surface area (Å²) in [5.41, 5.74) is 1.32. The molecule has 0 spiro atoms. The van der Waals surface area contributed by atoms with E-state index in [0.29, 0.717) is 25.6 Å². The number of aliphatic imine (C=N–C) groups is 1. The van der Waals surface area contributed by atoms with Gasteiger partial charge in [0.25, 0.3) is 0 Å². The zero-order chi connectivity index (χ0) is 20.2. The topological polar surface area (TPSA) is 60.0 Å². The molecule has 1 aromatic carbocycles. The quantitative estimate of drug-likeness (QED) is 0.286. The first-order valence-corrected chi connectivity index (χ1v) is 10.8. The molecule has 1 aliphatic heterocycles. The summed E-state index contributed by atoms with van der Waals surface area (Å²) >= 11 is 0. The number of amides is 1. The van der Waals surface area contributed by atoms with Gasteiger partial charge in [-0.1, -0.05) is 30.3 Å². The third-order valence-corrected chi connectivity index (χ3v) is 5.28. The van der Waals surface area contributed by atoms with Crippen LogP contribution in [0.3, 0.4) is 0 Å². The van der Waals surface area contributed by atoms with Gasteiger partial charge in [-0.2, -0.15) is 0 Å². The van der Waals surface area contributed by atoms with Crippen LogP contribution in [0.4, 0.5) is 0 Å². The summed E-state index contributed by atoms with van der Waals surface area (Å²) in [5, 5.41) is 6.63. The Hall–Kier alpha value is -1.35. The third kappa shape index (κ3) is 8.50. The fraction of sp³-hybridized carbons (Fsp3) is 0.636. The number of nitrogens with one attached hydrogen (secondary N) is 2.